The van der Waals surface area contributed by atoms with E-state index in [1.165, 1.54) is 31.2 Å². The quantitative estimate of drug-likeness (QED) is 0.861. The molecule has 0 atom stereocenters. The van der Waals surface area contributed by atoms with Crippen LogP contribution >= 0.6 is 0 Å². The van der Waals surface area contributed by atoms with Crippen molar-refractivity contribution in [3.63, 3.8) is 0 Å². The van der Waals surface area contributed by atoms with Gasteiger partial charge < -0.3 is 10.1 Å². The van der Waals surface area contributed by atoms with Gasteiger partial charge in [0.1, 0.15) is 5.75 Å². The fourth-order valence-corrected chi connectivity index (χ4v) is 2.47. The first kappa shape index (κ1) is 12.4. The van der Waals surface area contributed by atoms with Crippen molar-refractivity contribution in [2.24, 2.45) is 5.92 Å². The molecule has 0 aliphatic heterocycles. The minimum atomic E-state index is 0.427. The van der Waals surface area contributed by atoms with Crippen LogP contribution in [0.15, 0.2) is 24.3 Å². The first-order valence-electron chi connectivity index (χ1n) is 6.68. The molecule has 0 spiro atoms. The van der Waals surface area contributed by atoms with E-state index in [-0.39, 0.29) is 0 Å². The molecule has 0 heterocycles. The molecule has 1 aromatic rings. The molecule has 0 aromatic heterocycles. The Bertz CT molecular complexity index is 343. The van der Waals surface area contributed by atoms with E-state index in [1.54, 1.807) is 0 Å². The van der Waals surface area contributed by atoms with Crippen LogP contribution in [0.4, 0.5) is 0 Å². The average Bonchev–Trinajstić information content (AvgIpc) is 2.33. The number of nitrogens with one attached hydrogen (secondary N) is 1. The van der Waals surface area contributed by atoms with Gasteiger partial charge in [-0.15, -0.1) is 0 Å². The summed E-state index contributed by atoms with van der Waals surface area (Å²) in [5.74, 6) is 1.91. The summed E-state index contributed by atoms with van der Waals surface area (Å²) >= 11 is 0. The zero-order valence-electron chi connectivity index (χ0n) is 10.9. The highest BCUT2D eigenvalue weighted by Crippen LogP contribution is 2.27. The lowest BCUT2D eigenvalue weighted by Crippen LogP contribution is -2.23. The van der Waals surface area contributed by atoms with Crippen LogP contribution in [0.2, 0.25) is 0 Å². The lowest BCUT2D eigenvalue weighted by atomic mass is 9.89. The van der Waals surface area contributed by atoms with Crippen molar-refractivity contribution in [2.45, 2.75) is 45.3 Å². The van der Waals surface area contributed by atoms with Crippen LogP contribution < -0.4 is 10.1 Å². The molecule has 2 heteroatoms. The van der Waals surface area contributed by atoms with Gasteiger partial charge in [-0.3, -0.25) is 0 Å². The zero-order chi connectivity index (χ0) is 12.1. The third kappa shape index (κ3) is 3.74. The number of rotatable bonds is 4. The number of ether oxygens (including phenoxy) is 1. The summed E-state index contributed by atoms with van der Waals surface area (Å²) in [5.41, 5.74) is 1.29. The predicted molar refractivity (Wildman–Crippen MR) is 71.3 cm³/mol. The van der Waals surface area contributed by atoms with Crippen molar-refractivity contribution in [3.8, 4) is 5.75 Å². The van der Waals surface area contributed by atoms with Gasteiger partial charge >= 0.3 is 0 Å². The minimum Gasteiger partial charge on any atom is -0.490 e. The van der Waals surface area contributed by atoms with Gasteiger partial charge in [-0.25, -0.2) is 0 Å². The molecule has 94 valence electrons. The lowest BCUT2D eigenvalue weighted by Gasteiger charge is -2.27. The zero-order valence-corrected chi connectivity index (χ0v) is 10.9. The molecule has 1 fully saturated rings. The van der Waals surface area contributed by atoms with Crippen LogP contribution in [-0.2, 0) is 6.54 Å². The smallest absolute Gasteiger partial charge is 0.120 e. The Morgan fingerprint density at radius 1 is 1.24 bits per heavy atom. The molecular weight excluding hydrogens is 210 g/mol. The van der Waals surface area contributed by atoms with Crippen LogP contribution in [0.25, 0.3) is 0 Å². The van der Waals surface area contributed by atoms with Crippen LogP contribution in [0.3, 0.4) is 0 Å². The maximum atomic E-state index is 6.06. The van der Waals surface area contributed by atoms with E-state index in [9.17, 15) is 0 Å². The van der Waals surface area contributed by atoms with Crippen LogP contribution in [0.1, 0.15) is 38.2 Å². The van der Waals surface area contributed by atoms with Gasteiger partial charge in [0.25, 0.3) is 0 Å². The molecule has 1 saturated carbocycles. The molecular formula is C15H23NO. The predicted octanol–water partition coefficient (Wildman–Crippen LogP) is 3.36. The number of hydrogen-bond donors (Lipinski definition) is 1. The van der Waals surface area contributed by atoms with E-state index in [2.05, 4.69) is 36.5 Å². The fourth-order valence-electron chi connectivity index (χ4n) is 2.47. The van der Waals surface area contributed by atoms with Crippen molar-refractivity contribution in [1.82, 2.24) is 5.32 Å². The van der Waals surface area contributed by atoms with Crippen LogP contribution in [0, 0.1) is 5.92 Å². The van der Waals surface area contributed by atoms with E-state index in [1.807, 2.05) is 7.05 Å². The Balaban J connectivity index is 1.91. The fraction of sp³-hybridized carbons (Fsp3) is 0.600. The molecule has 1 aromatic carbocycles. The first-order valence-corrected chi connectivity index (χ1v) is 6.68. The molecule has 0 unspecified atom stereocenters. The van der Waals surface area contributed by atoms with E-state index in [4.69, 9.17) is 4.74 Å². The largest absolute Gasteiger partial charge is 0.490 e. The molecule has 0 radical (unpaired) electrons. The summed E-state index contributed by atoms with van der Waals surface area (Å²) in [5, 5.41) is 3.17. The monoisotopic (exact) mass is 233 g/mol. The van der Waals surface area contributed by atoms with Crippen molar-refractivity contribution in [1.29, 1.82) is 0 Å². The van der Waals surface area contributed by atoms with Crippen molar-refractivity contribution >= 4 is 0 Å². The highest BCUT2D eigenvalue weighted by Gasteiger charge is 2.19. The van der Waals surface area contributed by atoms with Gasteiger partial charge in [0.15, 0.2) is 0 Å². The van der Waals surface area contributed by atoms with Gasteiger partial charge in [0, 0.05) is 6.54 Å². The van der Waals surface area contributed by atoms with Crippen LogP contribution in [-0.4, -0.2) is 13.2 Å². The number of hydrogen-bond acceptors (Lipinski definition) is 2. The minimum absolute atomic E-state index is 0.427. The Labute approximate surface area is 104 Å². The second-order valence-corrected chi connectivity index (χ2v) is 5.18. The lowest BCUT2D eigenvalue weighted by molar-refractivity contribution is 0.135. The molecule has 0 saturated heterocycles. The van der Waals surface area contributed by atoms with Crippen molar-refractivity contribution < 1.29 is 4.74 Å². The normalized spacial score (nSPS) is 24.6. The highest BCUT2D eigenvalue weighted by molar-refractivity contribution is 5.28. The summed E-state index contributed by atoms with van der Waals surface area (Å²) in [6.45, 7) is 3.24. The summed E-state index contributed by atoms with van der Waals surface area (Å²) in [7, 11) is 1.97. The molecule has 1 aliphatic rings. The van der Waals surface area contributed by atoms with Crippen LogP contribution in [0.5, 0.6) is 5.75 Å². The molecule has 1 N–H and O–H groups in total. The Morgan fingerprint density at radius 3 is 2.71 bits per heavy atom. The van der Waals surface area contributed by atoms with E-state index in [0.717, 1.165) is 18.2 Å². The third-order valence-corrected chi connectivity index (χ3v) is 3.54. The van der Waals surface area contributed by atoms with Gasteiger partial charge in [-0.2, -0.15) is 0 Å². The van der Waals surface area contributed by atoms with Crippen molar-refractivity contribution in [3.05, 3.63) is 29.8 Å². The van der Waals surface area contributed by atoms with E-state index < -0.39 is 0 Å². The second kappa shape index (κ2) is 6.06. The molecule has 0 bridgehead atoms. The van der Waals surface area contributed by atoms with Gasteiger partial charge in [-0.1, -0.05) is 19.1 Å². The summed E-state index contributed by atoms with van der Waals surface area (Å²) in [6.07, 6.45) is 5.45. The van der Waals surface area contributed by atoms with Gasteiger partial charge in [-0.05, 0) is 56.3 Å². The second-order valence-electron chi connectivity index (χ2n) is 5.18. The van der Waals surface area contributed by atoms with Crippen molar-refractivity contribution in [2.75, 3.05) is 7.05 Å². The molecule has 17 heavy (non-hydrogen) atoms. The average molecular weight is 233 g/mol. The van der Waals surface area contributed by atoms with E-state index in [0.29, 0.717) is 6.10 Å². The first-order chi connectivity index (χ1) is 8.28. The summed E-state index contributed by atoms with van der Waals surface area (Å²) in [4.78, 5) is 0. The highest BCUT2D eigenvalue weighted by atomic mass is 16.5. The van der Waals surface area contributed by atoms with E-state index >= 15 is 0 Å². The van der Waals surface area contributed by atoms with Gasteiger partial charge in [0.05, 0.1) is 6.10 Å². The standard InChI is InChI=1S/C15H23NO/c1-12-6-8-14(9-7-12)17-15-5-3-4-13(10-15)11-16-2/h3-5,10,12,14,16H,6-9,11H2,1-2H3. The third-order valence-electron chi connectivity index (χ3n) is 3.54. The molecule has 0 amide bonds. The number of benzene rings is 1. The summed E-state index contributed by atoms with van der Waals surface area (Å²) in [6, 6.07) is 8.42. The Morgan fingerprint density at radius 2 is 2.00 bits per heavy atom. The summed E-state index contributed by atoms with van der Waals surface area (Å²) < 4.78 is 6.06. The topological polar surface area (TPSA) is 21.3 Å². The molecule has 2 nitrogen and oxygen atoms in total. The van der Waals surface area contributed by atoms with Gasteiger partial charge in [0.2, 0.25) is 0 Å². The maximum Gasteiger partial charge on any atom is 0.120 e. The Hall–Kier alpha value is -1.02. The molecule has 2 rings (SSSR count). The SMILES string of the molecule is CNCc1cccc(OC2CCC(C)CC2)c1. The Kier molecular flexibility index (Phi) is 4.43. The maximum absolute atomic E-state index is 6.06. The molecule has 1 aliphatic carbocycles.